The quantitative estimate of drug-likeness (QED) is 0.822. The molecule has 1 N–H and O–H groups in total. The van der Waals surface area contributed by atoms with Crippen LogP contribution in [0, 0.1) is 6.92 Å². The highest BCUT2D eigenvalue weighted by molar-refractivity contribution is 7.89. The fourth-order valence-electron chi connectivity index (χ4n) is 1.75. The minimum Gasteiger partial charge on any atom is -0.253 e. The summed E-state index contributed by atoms with van der Waals surface area (Å²) in [6.07, 6.45) is 3.66. The Bertz CT molecular complexity index is 671. The summed E-state index contributed by atoms with van der Waals surface area (Å²) in [5, 5.41) is 4.39. The number of benzene rings is 1. The number of hydrogen-bond donors (Lipinski definition) is 1. The maximum atomic E-state index is 12.2. The Kier molecular flexibility index (Phi) is 4.74. The second-order valence-electron chi connectivity index (χ2n) is 4.27. The molecule has 0 radical (unpaired) electrons. The normalized spacial score (nSPS) is 11.7. The van der Waals surface area contributed by atoms with Crippen LogP contribution in [-0.2, 0) is 16.6 Å². The molecule has 0 bridgehead atoms. The van der Waals surface area contributed by atoms with Crippen LogP contribution in [0.25, 0.3) is 0 Å². The largest absolute Gasteiger partial charge is 0.253 e. The van der Waals surface area contributed by atoms with E-state index in [2.05, 4.69) is 14.8 Å². The Balaban J connectivity index is 1.95. The van der Waals surface area contributed by atoms with E-state index in [1.807, 2.05) is 0 Å². The van der Waals surface area contributed by atoms with Crippen LogP contribution in [0.4, 0.5) is 0 Å². The highest BCUT2D eigenvalue weighted by Crippen LogP contribution is 2.22. The SMILES string of the molecule is Cc1c(Cl)cccc1S(=O)(=O)NCCCn1cncn1. The number of rotatable bonds is 6. The molecule has 0 aliphatic rings. The fourth-order valence-corrected chi connectivity index (χ4v) is 3.32. The van der Waals surface area contributed by atoms with Crippen molar-refractivity contribution in [3.05, 3.63) is 41.4 Å². The van der Waals surface area contributed by atoms with Gasteiger partial charge in [-0.05, 0) is 31.0 Å². The van der Waals surface area contributed by atoms with E-state index in [1.54, 1.807) is 36.1 Å². The molecule has 0 spiro atoms. The first kappa shape index (κ1) is 15.0. The standard InChI is InChI=1S/C12H15ClN4O2S/c1-10-11(13)4-2-5-12(10)20(18,19)16-6-3-7-17-9-14-8-15-17/h2,4-5,8-9,16H,3,6-7H2,1H3. The van der Waals surface area contributed by atoms with Gasteiger partial charge in [0, 0.05) is 18.1 Å². The number of hydrogen-bond acceptors (Lipinski definition) is 4. The van der Waals surface area contributed by atoms with Gasteiger partial charge in [-0.3, -0.25) is 4.68 Å². The summed E-state index contributed by atoms with van der Waals surface area (Å²) in [6, 6.07) is 4.83. The molecule has 0 aliphatic carbocycles. The van der Waals surface area contributed by atoms with Gasteiger partial charge in [-0.25, -0.2) is 18.1 Å². The number of nitrogens with one attached hydrogen (secondary N) is 1. The van der Waals surface area contributed by atoms with Crippen molar-refractivity contribution in [1.82, 2.24) is 19.5 Å². The third-order valence-corrected chi connectivity index (χ3v) is 4.85. The lowest BCUT2D eigenvalue weighted by Crippen LogP contribution is -2.26. The Morgan fingerprint density at radius 3 is 2.90 bits per heavy atom. The lowest BCUT2D eigenvalue weighted by atomic mass is 10.2. The molecule has 0 aliphatic heterocycles. The molecule has 2 rings (SSSR count). The molecule has 1 heterocycles. The van der Waals surface area contributed by atoms with Gasteiger partial charge in [0.25, 0.3) is 0 Å². The van der Waals surface area contributed by atoms with Crippen LogP contribution in [0.3, 0.4) is 0 Å². The maximum absolute atomic E-state index is 12.2. The fraction of sp³-hybridized carbons (Fsp3) is 0.333. The Morgan fingerprint density at radius 2 is 2.20 bits per heavy atom. The summed E-state index contributed by atoms with van der Waals surface area (Å²) in [7, 11) is -3.53. The van der Waals surface area contributed by atoms with Gasteiger partial charge < -0.3 is 0 Å². The summed E-state index contributed by atoms with van der Waals surface area (Å²) in [6.45, 7) is 2.62. The van der Waals surface area contributed by atoms with Gasteiger partial charge in [0.1, 0.15) is 12.7 Å². The summed E-state index contributed by atoms with van der Waals surface area (Å²) < 4.78 is 28.5. The summed E-state index contributed by atoms with van der Waals surface area (Å²) in [5.74, 6) is 0. The molecule has 8 heteroatoms. The minimum atomic E-state index is -3.53. The minimum absolute atomic E-state index is 0.214. The second kappa shape index (κ2) is 6.34. The predicted octanol–water partition coefficient (Wildman–Crippen LogP) is 1.61. The molecule has 0 saturated carbocycles. The van der Waals surface area contributed by atoms with Crippen molar-refractivity contribution < 1.29 is 8.42 Å². The van der Waals surface area contributed by atoms with Gasteiger partial charge in [-0.2, -0.15) is 5.10 Å². The molecule has 108 valence electrons. The van der Waals surface area contributed by atoms with Gasteiger partial charge in [0.2, 0.25) is 10.0 Å². The van der Waals surface area contributed by atoms with Crippen LogP contribution < -0.4 is 4.72 Å². The van der Waals surface area contributed by atoms with E-state index in [-0.39, 0.29) is 4.90 Å². The van der Waals surface area contributed by atoms with Gasteiger partial charge in [0.05, 0.1) is 4.90 Å². The molecule has 0 unspecified atom stereocenters. The lowest BCUT2D eigenvalue weighted by Gasteiger charge is -2.10. The Hall–Kier alpha value is -1.44. The van der Waals surface area contributed by atoms with Crippen LogP contribution in [0.2, 0.25) is 5.02 Å². The summed E-state index contributed by atoms with van der Waals surface area (Å²) in [4.78, 5) is 4.03. The molecule has 2 aromatic rings. The molecule has 20 heavy (non-hydrogen) atoms. The molecule has 1 aromatic heterocycles. The zero-order chi connectivity index (χ0) is 14.6. The van der Waals surface area contributed by atoms with Crippen molar-refractivity contribution in [3.8, 4) is 0 Å². The van der Waals surface area contributed by atoms with E-state index in [9.17, 15) is 8.42 Å². The topological polar surface area (TPSA) is 76.9 Å². The Morgan fingerprint density at radius 1 is 1.40 bits per heavy atom. The third kappa shape index (κ3) is 3.56. The average molecular weight is 315 g/mol. The molecular weight excluding hydrogens is 300 g/mol. The van der Waals surface area contributed by atoms with Crippen molar-refractivity contribution in [1.29, 1.82) is 0 Å². The molecular formula is C12H15ClN4O2S. The van der Waals surface area contributed by atoms with Gasteiger partial charge in [0.15, 0.2) is 0 Å². The van der Waals surface area contributed by atoms with E-state index in [0.29, 0.717) is 30.1 Å². The number of nitrogens with zero attached hydrogens (tertiary/aromatic N) is 3. The first-order chi connectivity index (χ1) is 9.50. The van der Waals surface area contributed by atoms with E-state index in [0.717, 1.165) is 0 Å². The molecule has 0 atom stereocenters. The van der Waals surface area contributed by atoms with E-state index < -0.39 is 10.0 Å². The first-order valence-corrected chi connectivity index (χ1v) is 7.94. The van der Waals surface area contributed by atoms with Crippen molar-refractivity contribution in [2.45, 2.75) is 24.8 Å². The maximum Gasteiger partial charge on any atom is 0.240 e. The number of aryl methyl sites for hydroxylation is 1. The van der Waals surface area contributed by atoms with Gasteiger partial charge >= 0.3 is 0 Å². The first-order valence-electron chi connectivity index (χ1n) is 6.08. The Labute approximate surface area is 122 Å². The van der Waals surface area contributed by atoms with Crippen molar-refractivity contribution in [2.24, 2.45) is 0 Å². The number of halogens is 1. The lowest BCUT2D eigenvalue weighted by molar-refractivity contribution is 0.552. The average Bonchev–Trinajstić information content (AvgIpc) is 2.91. The van der Waals surface area contributed by atoms with Crippen molar-refractivity contribution >= 4 is 21.6 Å². The van der Waals surface area contributed by atoms with Crippen LogP contribution in [0.5, 0.6) is 0 Å². The summed E-state index contributed by atoms with van der Waals surface area (Å²) in [5.41, 5.74) is 0.554. The zero-order valence-corrected chi connectivity index (χ0v) is 12.5. The van der Waals surface area contributed by atoms with Crippen LogP contribution in [0.15, 0.2) is 35.7 Å². The highest BCUT2D eigenvalue weighted by Gasteiger charge is 2.17. The van der Waals surface area contributed by atoms with E-state index >= 15 is 0 Å². The smallest absolute Gasteiger partial charge is 0.240 e. The van der Waals surface area contributed by atoms with E-state index in [1.165, 1.54) is 6.33 Å². The van der Waals surface area contributed by atoms with Crippen molar-refractivity contribution in [2.75, 3.05) is 6.54 Å². The zero-order valence-electron chi connectivity index (χ0n) is 11.0. The second-order valence-corrected chi connectivity index (χ2v) is 6.42. The van der Waals surface area contributed by atoms with Gasteiger partial charge in [-0.15, -0.1) is 0 Å². The molecule has 6 nitrogen and oxygen atoms in total. The number of sulfonamides is 1. The van der Waals surface area contributed by atoms with Crippen LogP contribution in [0.1, 0.15) is 12.0 Å². The predicted molar refractivity (Wildman–Crippen MR) is 76.0 cm³/mol. The molecule has 0 fully saturated rings. The van der Waals surface area contributed by atoms with Gasteiger partial charge in [-0.1, -0.05) is 17.7 Å². The number of aromatic nitrogens is 3. The highest BCUT2D eigenvalue weighted by atomic mass is 35.5. The monoisotopic (exact) mass is 314 g/mol. The van der Waals surface area contributed by atoms with E-state index in [4.69, 9.17) is 11.6 Å². The van der Waals surface area contributed by atoms with Crippen molar-refractivity contribution in [3.63, 3.8) is 0 Å². The van der Waals surface area contributed by atoms with Crippen LogP contribution >= 0.6 is 11.6 Å². The molecule has 0 saturated heterocycles. The van der Waals surface area contributed by atoms with Crippen LogP contribution in [-0.4, -0.2) is 29.7 Å². The third-order valence-electron chi connectivity index (χ3n) is 2.83. The summed E-state index contributed by atoms with van der Waals surface area (Å²) >= 11 is 5.94. The molecule has 0 amide bonds. The molecule has 1 aromatic carbocycles.